The Kier molecular flexibility index (Phi) is 9.40. The van der Waals surface area contributed by atoms with E-state index in [4.69, 9.17) is 5.41 Å². The fourth-order valence-corrected chi connectivity index (χ4v) is 0.830. The number of carbonyl (C=O) groups is 1. The van der Waals surface area contributed by atoms with Crippen molar-refractivity contribution >= 4 is 11.7 Å². The zero-order valence-corrected chi connectivity index (χ0v) is 10.5. The van der Waals surface area contributed by atoms with E-state index in [1.54, 1.807) is 0 Å². The van der Waals surface area contributed by atoms with Gasteiger partial charge in [0, 0.05) is 12.8 Å². The Labute approximate surface area is 98.0 Å². The summed E-state index contributed by atoms with van der Waals surface area (Å²) >= 11 is 0. The molecule has 92 valence electrons. The zero-order valence-electron chi connectivity index (χ0n) is 10.5. The standard InChI is InChI=1S/C9H18NO.C3H5NO/c1-5-9(11)7-6-8-10(2,3)4;1-2-3(4)5/h5H,1,6-8H2,2-4H3;2H,1H2,(H2,4,5)/q+1;/p-1. The normalized spacial score (nSPS) is 9.69. The number of rotatable bonds is 6. The van der Waals surface area contributed by atoms with Gasteiger partial charge in [0.05, 0.1) is 27.7 Å². The largest absolute Gasteiger partial charge is 0.859 e. The molecule has 0 bridgehead atoms. The Morgan fingerprint density at radius 1 is 1.31 bits per heavy atom. The minimum absolute atomic E-state index is 0.151. The van der Waals surface area contributed by atoms with Crippen LogP contribution in [0.2, 0.25) is 0 Å². The van der Waals surface area contributed by atoms with Crippen LogP contribution in [-0.2, 0) is 4.79 Å². The predicted molar refractivity (Wildman–Crippen MR) is 65.3 cm³/mol. The molecule has 0 aliphatic heterocycles. The van der Waals surface area contributed by atoms with Gasteiger partial charge in [-0.15, -0.1) is 0 Å². The Morgan fingerprint density at radius 2 is 1.75 bits per heavy atom. The lowest BCUT2D eigenvalue weighted by molar-refractivity contribution is -0.870. The molecule has 0 aliphatic carbocycles. The molecule has 0 saturated carbocycles. The summed E-state index contributed by atoms with van der Waals surface area (Å²) in [6.45, 7) is 7.49. The minimum Gasteiger partial charge on any atom is -0.859 e. The van der Waals surface area contributed by atoms with Gasteiger partial charge in [-0.05, 0) is 12.0 Å². The number of hydrogen-bond donors (Lipinski definition) is 1. The summed E-state index contributed by atoms with van der Waals surface area (Å²) in [5, 5.41) is 15.4. The smallest absolute Gasteiger partial charge is 0.155 e. The topological polar surface area (TPSA) is 64.0 Å². The van der Waals surface area contributed by atoms with Crippen molar-refractivity contribution in [1.82, 2.24) is 0 Å². The van der Waals surface area contributed by atoms with Crippen LogP contribution in [0, 0.1) is 5.41 Å². The maximum absolute atomic E-state index is 10.8. The van der Waals surface area contributed by atoms with Crippen molar-refractivity contribution in [3.8, 4) is 0 Å². The summed E-state index contributed by atoms with van der Waals surface area (Å²) in [7, 11) is 6.37. The average Bonchev–Trinajstić information content (AvgIpc) is 2.16. The maximum Gasteiger partial charge on any atom is 0.155 e. The number of quaternary nitrogens is 1. The molecule has 0 atom stereocenters. The molecule has 0 spiro atoms. The molecule has 1 N–H and O–H groups in total. The first-order valence-electron chi connectivity index (χ1n) is 5.06. The first kappa shape index (κ1) is 17.0. The second kappa shape index (κ2) is 8.85. The number of allylic oxidation sites excluding steroid dienone is 1. The van der Waals surface area contributed by atoms with E-state index in [0.29, 0.717) is 6.42 Å². The zero-order chi connectivity index (χ0) is 13.2. The third kappa shape index (κ3) is 18.4. The van der Waals surface area contributed by atoms with Gasteiger partial charge in [0.25, 0.3) is 0 Å². The Bertz CT molecular complexity index is 252. The summed E-state index contributed by atoms with van der Waals surface area (Å²) in [6.07, 6.45) is 3.93. The summed E-state index contributed by atoms with van der Waals surface area (Å²) in [5.41, 5.74) is 0. The first-order valence-corrected chi connectivity index (χ1v) is 5.06. The Morgan fingerprint density at radius 3 is 2.00 bits per heavy atom. The van der Waals surface area contributed by atoms with E-state index < -0.39 is 5.90 Å². The average molecular weight is 226 g/mol. The molecule has 4 nitrogen and oxygen atoms in total. The van der Waals surface area contributed by atoms with Crippen LogP contribution in [0.5, 0.6) is 0 Å². The SMILES string of the molecule is C=CC(=N)[O-].C=CC(=O)CCC[N+](C)(C)C. The molecule has 0 fully saturated rings. The van der Waals surface area contributed by atoms with Gasteiger partial charge >= 0.3 is 0 Å². The van der Waals surface area contributed by atoms with Gasteiger partial charge in [0.2, 0.25) is 0 Å². The Balaban J connectivity index is 0. The van der Waals surface area contributed by atoms with Crippen LogP contribution < -0.4 is 5.11 Å². The van der Waals surface area contributed by atoms with Crippen molar-refractivity contribution in [2.75, 3.05) is 27.7 Å². The van der Waals surface area contributed by atoms with E-state index in [9.17, 15) is 9.90 Å². The van der Waals surface area contributed by atoms with Crippen molar-refractivity contribution in [1.29, 1.82) is 5.41 Å². The van der Waals surface area contributed by atoms with E-state index in [1.165, 1.54) is 6.08 Å². The molecule has 0 aromatic rings. The molecule has 0 unspecified atom stereocenters. The van der Waals surface area contributed by atoms with E-state index in [1.807, 2.05) is 0 Å². The molecule has 0 rings (SSSR count). The fraction of sp³-hybridized carbons (Fsp3) is 0.500. The van der Waals surface area contributed by atoms with Crippen LogP contribution in [0.3, 0.4) is 0 Å². The molecule has 0 aliphatic rings. The van der Waals surface area contributed by atoms with Crippen LogP contribution in [-0.4, -0.2) is 43.9 Å². The second-order valence-electron chi connectivity index (χ2n) is 4.36. The highest BCUT2D eigenvalue weighted by Crippen LogP contribution is 1.98. The van der Waals surface area contributed by atoms with Crippen LogP contribution in [0.1, 0.15) is 12.8 Å². The van der Waals surface area contributed by atoms with Gasteiger partial charge in [0.1, 0.15) is 0 Å². The van der Waals surface area contributed by atoms with Crippen LogP contribution >= 0.6 is 0 Å². The van der Waals surface area contributed by atoms with Gasteiger partial charge in [0.15, 0.2) is 5.78 Å². The Hall–Kier alpha value is -1.42. The highest BCUT2D eigenvalue weighted by Gasteiger charge is 2.06. The van der Waals surface area contributed by atoms with Gasteiger partial charge in [-0.3, -0.25) is 4.79 Å². The van der Waals surface area contributed by atoms with Gasteiger partial charge < -0.3 is 15.0 Å². The first-order chi connectivity index (χ1) is 7.22. The summed E-state index contributed by atoms with van der Waals surface area (Å²) in [4.78, 5) is 10.8. The maximum atomic E-state index is 10.8. The molecule has 0 amide bonds. The lowest BCUT2D eigenvalue weighted by atomic mass is 10.2. The van der Waals surface area contributed by atoms with E-state index in [0.717, 1.165) is 23.5 Å². The third-order valence-electron chi connectivity index (χ3n) is 1.67. The molecule has 16 heavy (non-hydrogen) atoms. The molecule has 0 heterocycles. The van der Waals surface area contributed by atoms with Crippen LogP contribution in [0.25, 0.3) is 0 Å². The highest BCUT2D eigenvalue weighted by molar-refractivity contribution is 5.88. The van der Waals surface area contributed by atoms with Crippen LogP contribution in [0.15, 0.2) is 25.3 Å². The molecule has 4 heteroatoms. The monoisotopic (exact) mass is 226 g/mol. The van der Waals surface area contributed by atoms with Crippen molar-refractivity contribution in [3.05, 3.63) is 25.3 Å². The third-order valence-corrected chi connectivity index (χ3v) is 1.67. The number of nitrogens with one attached hydrogen (secondary N) is 1. The number of ketones is 1. The van der Waals surface area contributed by atoms with E-state index in [-0.39, 0.29) is 5.78 Å². The summed E-state index contributed by atoms with van der Waals surface area (Å²) in [5.74, 6) is -0.580. The molecule has 0 radical (unpaired) electrons. The van der Waals surface area contributed by atoms with Crippen molar-refractivity contribution in [3.63, 3.8) is 0 Å². The molecule has 0 saturated heterocycles. The minimum atomic E-state index is -0.731. The lowest BCUT2D eigenvalue weighted by Crippen LogP contribution is -2.35. The summed E-state index contributed by atoms with van der Waals surface area (Å²) < 4.78 is 0.921. The quantitative estimate of drug-likeness (QED) is 0.314. The second-order valence-corrected chi connectivity index (χ2v) is 4.36. The van der Waals surface area contributed by atoms with Gasteiger partial charge in [-0.25, -0.2) is 0 Å². The number of carbonyl (C=O) groups excluding carboxylic acids is 1. The van der Waals surface area contributed by atoms with E-state index >= 15 is 0 Å². The number of hydrogen-bond acceptors (Lipinski definition) is 3. The van der Waals surface area contributed by atoms with Crippen molar-refractivity contribution in [2.24, 2.45) is 0 Å². The van der Waals surface area contributed by atoms with E-state index in [2.05, 4.69) is 34.3 Å². The molecule has 0 aromatic carbocycles. The van der Waals surface area contributed by atoms with Gasteiger partial charge in [-0.1, -0.05) is 19.2 Å². The highest BCUT2D eigenvalue weighted by atomic mass is 16.3. The van der Waals surface area contributed by atoms with Crippen molar-refractivity contribution in [2.45, 2.75) is 12.8 Å². The summed E-state index contributed by atoms with van der Waals surface area (Å²) in [6, 6.07) is 0. The molecular weight excluding hydrogens is 204 g/mol. The lowest BCUT2D eigenvalue weighted by Gasteiger charge is -2.23. The molecular formula is C12H22N2O2. The van der Waals surface area contributed by atoms with Crippen molar-refractivity contribution < 1.29 is 14.4 Å². The molecule has 0 aromatic heterocycles. The van der Waals surface area contributed by atoms with Gasteiger partial charge in [-0.2, -0.15) is 0 Å². The number of nitrogens with zero attached hydrogens (tertiary/aromatic N) is 1. The van der Waals surface area contributed by atoms with Crippen LogP contribution in [0.4, 0.5) is 0 Å². The predicted octanol–water partition coefficient (Wildman–Crippen LogP) is 0.738. The fourth-order valence-electron chi connectivity index (χ4n) is 0.830.